The third-order valence-electron chi connectivity index (χ3n) is 3.37. The Balaban J connectivity index is 2.22. The maximum absolute atomic E-state index is 11.6. The predicted octanol–water partition coefficient (Wildman–Crippen LogP) is 3.74. The molecule has 1 aromatic carbocycles. The molecule has 0 spiro atoms. The molecule has 0 heterocycles. The van der Waals surface area contributed by atoms with Crippen LogP contribution in [0.4, 0.5) is 0 Å². The second-order valence-corrected chi connectivity index (χ2v) is 4.64. The molecule has 0 N–H and O–H groups in total. The number of carbonyl (C=O) groups excluding carboxylic acids is 1. The smallest absolute Gasteiger partial charge is 0.333 e. The van der Waals surface area contributed by atoms with Crippen LogP contribution in [0.15, 0.2) is 36.4 Å². The molecule has 2 nitrogen and oxygen atoms in total. The van der Waals surface area contributed by atoms with Gasteiger partial charge in [0.25, 0.3) is 0 Å². The zero-order chi connectivity index (χ0) is 12.4. The molecule has 0 bridgehead atoms. The molecule has 0 fully saturated rings. The van der Waals surface area contributed by atoms with Crippen LogP contribution in [0.3, 0.4) is 0 Å². The second-order valence-electron chi connectivity index (χ2n) is 4.64. The third-order valence-corrected chi connectivity index (χ3v) is 3.37. The standard InChI is InChI=1S/C15H18O2/c1-4-11-9-14(17-15(16)10(2)3)13-8-6-5-7-12(11)13/h5-8,11,14H,2,4,9H2,1,3H3. The summed E-state index contributed by atoms with van der Waals surface area (Å²) in [7, 11) is 0. The molecule has 1 aliphatic carbocycles. The molecule has 17 heavy (non-hydrogen) atoms. The summed E-state index contributed by atoms with van der Waals surface area (Å²) in [6, 6.07) is 8.24. The van der Waals surface area contributed by atoms with Crippen molar-refractivity contribution in [2.45, 2.75) is 38.7 Å². The topological polar surface area (TPSA) is 26.3 Å². The number of benzene rings is 1. The van der Waals surface area contributed by atoms with E-state index in [0.717, 1.165) is 18.4 Å². The highest BCUT2D eigenvalue weighted by Crippen LogP contribution is 2.43. The van der Waals surface area contributed by atoms with Crippen molar-refractivity contribution in [3.8, 4) is 0 Å². The third kappa shape index (κ3) is 2.26. The van der Waals surface area contributed by atoms with E-state index in [1.54, 1.807) is 6.92 Å². The Hall–Kier alpha value is -1.57. The van der Waals surface area contributed by atoms with Crippen LogP contribution >= 0.6 is 0 Å². The summed E-state index contributed by atoms with van der Waals surface area (Å²) in [4.78, 5) is 11.6. The lowest BCUT2D eigenvalue weighted by molar-refractivity contribution is -0.144. The normalized spacial score (nSPS) is 22.0. The number of carbonyl (C=O) groups is 1. The van der Waals surface area contributed by atoms with Crippen molar-refractivity contribution in [3.05, 3.63) is 47.5 Å². The monoisotopic (exact) mass is 230 g/mol. The minimum Gasteiger partial charge on any atom is -0.454 e. The fourth-order valence-electron chi connectivity index (χ4n) is 2.42. The average molecular weight is 230 g/mol. The number of ether oxygens (including phenoxy) is 1. The van der Waals surface area contributed by atoms with Crippen molar-refractivity contribution in [1.29, 1.82) is 0 Å². The minimum atomic E-state index is -0.290. The molecular formula is C15H18O2. The maximum atomic E-state index is 11.6. The Morgan fingerprint density at radius 1 is 1.41 bits per heavy atom. The van der Waals surface area contributed by atoms with E-state index < -0.39 is 0 Å². The first-order valence-electron chi connectivity index (χ1n) is 6.08. The van der Waals surface area contributed by atoms with E-state index in [9.17, 15) is 4.79 Å². The van der Waals surface area contributed by atoms with Gasteiger partial charge in [-0.15, -0.1) is 0 Å². The molecule has 0 aliphatic heterocycles. The molecule has 1 aliphatic rings. The molecule has 2 heteroatoms. The van der Waals surface area contributed by atoms with Gasteiger partial charge in [0, 0.05) is 5.57 Å². The first-order chi connectivity index (χ1) is 8.13. The van der Waals surface area contributed by atoms with E-state index in [-0.39, 0.29) is 12.1 Å². The summed E-state index contributed by atoms with van der Waals surface area (Å²) in [5.41, 5.74) is 2.95. The molecule has 0 radical (unpaired) electrons. The van der Waals surface area contributed by atoms with Gasteiger partial charge >= 0.3 is 5.97 Å². The number of fused-ring (bicyclic) bond motifs is 1. The number of esters is 1. The molecule has 0 saturated heterocycles. The van der Waals surface area contributed by atoms with Crippen LogP contribution in [0.5, 0.6) is 0 Å². The van der Waals surface area contributed by atoms with Crippen LogP contribution in [-0.2, 0) is 9.53 Å². The highest BCUT2D eigenvalue weighted by atomic mass is 16.5. The first kappa shape index (κ1) is 11.9. The van der Waals surface area contributed by atoms with Crippen molar-refractivity contribution in [2.24, 2.45) is 0 Å². The average Bonchev–Trinajstić information content (AvgIpc) is 2.68. The molecule has 2 rings (SSSR count). The van der Waals surface area contributed by atoms with Gasteiger partial charge < -0.3 is 4.74 Å². The maximum Gasteiger partial charge on any atom is 0.333 e. The van der Waals surface area contributed by atoms with Crippen molar-refractivity contribution in [1.82, 2.24) is 0 Å². The highest BCUT2D eigenvalue weighted by molar-refractivity contribution is 5.87. The fraction of sp³-hybridized carbons (Fsp3) is 0.400. The number of hydrogen-bond donors (Lipinski definition) is 0. The van der Waals surface area contributed by atoms with Crippen LogP contribution in [0.25, 0.3) is 0 Å². The highest BCUT2D eigenvalue weighted by Gasteiger charge is 2.31. The van der Waals surface area contributed by atoms with Gasteiger partial charge in [0.2, 0.25) is 0 Å². The summed E-state index contributed by atoms with van der Waals surface area (Å²) in [5.74, 6) is 0.218. The lowest BCUT2D eigenvalue weighted by Gasteiger charge is -2.13. The Bertz CT molecular complexity index is 448. The molecule has 2 unspecified atom stereocenters. The summed E-state index contributed by atoms with van der Waals surface area (Å²) in [6.07, 6.45) is 1.88. The van der Waals surface area contributed by atoms with E-state index in [4.69, 9.17) is 4.74 Å². The fourth-order valence-corrected chi connectivity index (χ4v) is 2.42. The summed E-state index contributed by atoms with van der Waals surface area (Å²) >= 11 is 0. The van der Waals surface area contributed by atoms with Crippen molar-refractivity contribution >= 4 is 5.97 Å². The van der Waals surface area contributed by atoms with Gasteiger partial charge in [0.1, 0.15) is 6.10 Å². The van der Waals surface area contributed by atoms with Crippen molar-refractivity contribution in [2.75, 3.05) is 0 Å². The molecule has 0 amide bonds. The van der Waals surface area contributed by atoms with E-state index >= 15 is 0 Å². The molecule has 0 aromatic heterocycles. The van der Waals surface area contributed by atoms with Gasteiger partial charge in [-0.25, -0.2) is 4.79 Å². The predicted molar refractivity (Wildman–Crippen MR) is 67.7 cm³/mol. The minimum absolute atomic E-state index is 0.0969. The summed E-state index contributed by atoms with van der Waals surface area (Å²) in [5, 5.41) is 0. The van der Waals surface area contributed by atoms with Gasteiger partial charge in [-0.05, 0) is 36.8 Å². The summed E-state index contributed by atoms with van der Waals surface area (Å²) in [6.45, 7) is 7.47. The molecule has 90 valence electrons. The number of rotatable bonds is 3. The van der Waals surface area contributed by atoms with Crippen LogP contribution in [0.2, 0.25) is 0 Å². The van der Waals surface area contributed by atoms with Crippen LogP contribution in [0, 0.1) is 0 Å². The van der Waals surface area contributed by atoms with Gasteiger partial charge in [0.05, 0.1) is 0 Å². The largest absolute Gasteiger partial charge is 0.454 e. The molecule has 2 atom stereocenters. The second kappa shape index (κ2) is 4.74. The Morgan fingerprint density at radius 2 is 2.06 bits per heavy atom. The van der Waals surface area contributed by atoms with Crippen molar-refractivity contribution in [3.63, 3.8) is 0 Å². The van der Waals surface area contributed by atoms with Crippen molar-refractivity contribution < 1.29 is 9.53 Å². The van der Waals surface area contributed by atoms with Crippen LogP contribution < -0.4 is 0 Å². The van der Waals surface area contributed by atoms with Gasteiger partial charge in [0.15, 0.2) is 0 Å². The zero-order valence-electron chi connectivity index (χ0n) is 10.4. The van der Waals surface area contributed by atoms with Gasteiger partial charge in [-0.2, -0.15) is 0 Å². The van der Waals surface area contributed by atoms with E-state index in [0.29, 0.717) is 11.5 Å². The quantitative estimate of drug-likeness (QED) is 0.584. The van der Waals surface area contributed by atoms with E-state index in [2.05, 4.69) is 25.6 Å². The zero-order valence-corrected chi connectivity index (χ0v) is 10.4. The Morgan fingerprint density at radius 3 is 2.65 bits per heavy atom. The lowest BCUT2D eigenvalue weighted by atomic mass is 9.99. The van der Waals surface area contributed by atoms with Gasteiger partial charge in [-0.1, -0.05) is 37.8 Å². The van der Waals surface area contributed by atoms with Gasteiger partial charge in [-0.3, -0.25) is 0 Å². The number of hydrogen-bond acceptors (Lipinski definition) is 2. The SMILES string of the molecule is C=C(C)C(=O)OC1CC(CC)c2ccccc21. The molecular weight excluding hydrogens is 212 g/mol. The Kier molecular flexibility index (Phi) is 3.32. The molecule has 0 saturated carbocycles. The van der Waals surface area contributed by atoms with Crippen LogP contribution in [-0.4, -0.2) is 5.97 Å². The van der Waals surface area contributed by atoms with Crippen LogP contribution in [0.1, 0.15) is 49.8 Å². The van der Waals surface area contributed by atoms with E-state index in [1.165, 1.54) is 5.56 Å². The van der Waals surface area contributed by atoms with E-state index in [1.807, 2.05) is 12.1 Å². The Labute approximate surface area is 102 Å². The summed E-state index contributed by atoms with van der Waals surface area (Å²) < 4.78 is 5.49. The molecule has 1 aromatic rings. The lowest BCUT2D eigenvalue weighted by Crippen LogP contribution is -2.09. The first-order valence-corrected chi connectivity index (χ1v) is 6.08.